The zero-order chi connectivity index (χ0) is 5.11. The maximum absolute atomic E-state index is 9.77. The van der Waals surface area contributed by atoms with Crippen LogP contribution in [-0.2, 0) is 0 Å². The molecule has 36 valence electrons. The quantitative estimate of drug-likeness (QED) is 0.513. The lowest BCUT2D eigenvalue weighted by atomic mass is 10.7. The average molecular weight is 97.1 g/mol. The maximum Gasteiger partial charge on any atom is 1.00 e. The van der Waals surface area contributed by atoms with E-state index in [1.165, 1.54) is 6.20 Å². The molecule has 0 saturated heterocycles. The molecule has 3 heteroatoms. The summed E-state index contributed by atoms with van der Waals surface area (Å²) in [5.41, 5.74) is 0. The maximum atomic E-state index is 9.77. The summed E-state index contributed by atoms with van der Waals surface area (Å²) in [6.45, 7) is 0. The number of aromatic amines is 1. The molecule has 0 radical (unpaired) electrons. The number of nitrogens with zero attached hydrogens (tertiary/aromatic N) is 1. The van der Waals surface area contributed by atoms with Gasteiger partial charge in [0.2, 0.25) is 0 Å². The molecular formula is C4H5N2O+. The molecule has 1 N–H and O–H groups in total. The molecule has 0 aromatic carbocycles. The van der Waals surface area contributed by atoms with E-state index in [2.05, 4.69) is 9.97 Å². The molecule has 3 nitrogen and oxygen atoms in total. The number of H-pyrrole nitrogens is 1. The van der Waals surface area contributed by atoms with Gasteiger partial charge in [-0.25, -0.2) is 4.98 Å². The third kappa shape index (κ3) is 0.652. The number of hydrogen-bond acceptors (Lipinski definition) is 2. The Labute approximate surface area is 41.9 Å². The fourth-order valence-electron chi connectivity index (χ4n) is 0.342. The molecule has 0 aliphatic rings. The summed E-state index contributed by atoms with van der Waals surface area (Å²) in [4.78, 5) is 16.0. The van der Waals surface area contributed by atoms with Crippen molar-refractivity contribution in [1.82, 2.24) is 9.97 Å². The summed E-state index contributed by atoms with van der Waals surface area (Å²) in [6.07, 6.45) is 3.80. The topological polar surface area (TPSA) is 45.8 Å². The van der Waals surface area contributed by atoms with Gasteiger partial charge in [-0.05, 0) is 0 Å². The van der Waals surface area contributed by atoms with Crippen LogP contribution in [-0.4, -0.2) is 16.3 Å². The van der Waals surface area contributed by atoms with Crippen LogP contribution in [0.15, 0.2) is 12.4 Å². The number of aldehydes is 1. The van der Waals surface area contributed by atoms with Gasteiger partial charge in [-0.2, -0.15) is 0 Å². The summed E-state index contributed by atoms with van der Waals surface area (Å²) in [5, 5.41) is 0. The lowest BCUT2D eigenvalue weighted by Crippen LogP contribution is -1.78. The van der Waals surface area contributed by atoms with E-state index in [1.54, 1.807) is 6.20 Å². The van der Waals surface area contributed by atoms with Gasteiger partial charge >= 0.3 is 1.43 Å². The van der Waals surface area contributed by atoms with Crippen molar-refractivity contribution in [1.29, 1.82) is 0 Å². The van der Waals surface area contributed by atoms with Crippen molar-refractivity contribution in [3.05, 3.63) is 18.2 Å². The monoisotopic (exact) mass is 97.0 g/mol. The van der Waals surface area contributed by atoms with Gasteiger partial charge in [0, 0.05) is 12.4 Å². The van der Waals surface area contributed by atoms with Crippen LogP contribution in [0.3, 0.4) is 0 Å². The lowest BCUT2D eigenvalue weighted by molar-refractivity contribution is 0.111. The standard InChI is InChI=1S/C4H4N2O/c7-3-4-5-1-2-6-4/h1-3H,(H,5,6)/p+1. The molecule has 0 fully saturated rings. The van der Waals surface area contributed by atoms with E-state index in [4.69, 9.17) is 0 Å². The molecule has 0 saturated carbocycles. The Kier molecular flexibility index (Phi) is 0.898. The van der Waals surface area contributed by atoms with Gasteiger partial charge in [0.15, 0.2) is 12.1 Å². The number of carbonyl (C=O) groups excluding carboxylic acids is 1. The SMILES string of the molecule is O=Cc1ncc[nH]1.[H+]. The number of nitrogens with one attached hydrogen (secondary N) is 1. The Balaban J connectivity index is 0.000000490. The minimum absolute atomic E-state index is 0. The highest BCUT2D eigenvalue weighted by atomic mass is 16.1. The summed E-state index contributed by atoms with van der Waals surface area (Å²) >= 11 is 0. The van der Waals surface area contributed by atoms with Crippen molar-refractivity contribution in [2.24, 2.45) is 0 Å². The molecule has 0 aliphatic heterocycles. The molecule has 0 spiro atoms. The van der Waals surface area contributed by atoms with Gasteiger partial charge in [-0.1, -0.05) is 0 Å². The van der Waals surface area contributed by atoms with E-state index < -0.39 is 0 Å². The van der Waals surface area contributed by atoms with Gasteiger partial charge in [0.25, 0.3) is 0 Å². The number of carbonyl (C=O) groups is 1. The van der Waals surface area contributed by atoms with E-state index in [9.17, 15) is 4.79 Å². The molecule has 0 atom stereocenters. The van der Waals surface area contributed by atoms with Crippen LogP contribution < -0.4 is 0 Å². The molecule has 1 rings (SSSR count). The highest BCUT2D eigenvalue weighted by Gasteiger charge is 1.82. The molecule has 0 amide bonds. The summed E-state index contributed by atoms with van der Waals surface area (Å²) in [6, 6.07) is 0. The minimum Gasteiger partial charge on any atom is -0.342 e. The third-order valence-electron chi connectivity index (χ3n) is 0.631. The van der Waals surface area contributed by atoms with Crippen molar-refractivity contribution < 1.29 is 6.22 Å². The highest BCUT2D eigenvalue weighted by molar-refractivity contribution is 5.68. The third-order valence-corrected chi connectivity index (χ3v) is 0.631. The fraction of sp³-hybridized carbons (Fsp3) is 0. The summed E-state index contributed by atoms with van der Waals surface area (Å²) in [5.74, 6) is 0.375. The zero-order valence-corrected chi connectivity index (χ0v) is 3.59. The molecule has 0 aliphatic carbocycles. The van der Waals surface area contributed by atoms with Crippen molar-refractivity contribution >= 4 is 6.29 Å². The zero-order valence-electron chi connectivity index (χ0n) is 4.59. The van der Waals surface area contributed by atoms with Crippen LogP contribution >= 0.6 is 0 Å². The Morgan fingerprint density at radius 2 is 2.86 bits per heavy atom. The molecule has 1 heterocycles. The predicted octanol–water partition coefficient (Wildman–Crippen LogP) is 0.335. The Hall–Kier alpha value is -1.12. The smallest absolute Gasteiger partial charge is 0.342 e. The van der Waals surface area contributed by atoms with E-state index in [0.717, 1.165) is 0 Å². The van der Waals surface area contributed by atoms with Crippen LogP contribution in [0.25, 0.3) is 0 Å². The summed E-state index contributed by atoms with van der Waals surface area (Å²) < 4.78 is 0. The first-order valence-corrected chi connectivity index (χ1v) is 1.88. The molecular weight excluding hydrogens is 92.1 g/mol. The Bertz CT molecular complexity index is 149. The van der Waals surface area contributed by atoms with E-state index in [-0.39, 0.29) is 1.43 Å². The second-order valence-corrected chi connectivity index (χ2v) is 1.09. The van der Waals surface area contributed by atoms with Crippen LogP contribution in [0.2, 0.25) is 0 Å². The number of hydrogen-bond donors (Lipinski definition) is 1. The minimum atomic E-state index is 0. The second-order valence-electron chi connectivity index (χ2n) is 1.09. The fourth-order valence-corrected chi connectivity index (χ4v) is 0.342. The van der Waals surface area contributed by atoms with E-state index in [1.807, 2.05) is 0 Å². The molecule has 0 bridgehead atoms. The van der Waals surface area contributed by atoms with Crippen molar-refractivity contribution in [2.75, 3.05) is 0 Å². The number of imidazole rings is 1. The van der Waals surface area contributed by atoms with Gasteiger partial charge in [0.1, 0.15) is 0 Å². The van der Waals surface area contributed by atoms with Gasteiger partial charge in [-0.3, -0.25) is 4.79 Å². The molecule has 0 unspecified atom stereocenters. The van der Waals surface area contributed by atoms with E-state index >= 15 is 0 Å². The van der Waals surface area contributed by atoms with Gasteiger partial charge in [0.05, 0.1) is 0 Å². The van der Waals surface area contributed by atoms with Crippen LogP contribution in [0, 0.1) is 0 Å². The first kappa shape index (κ1) is 4.05. The largest absolute Gasteiger partial charge is 1.00 e. The first-order chi connectivity index (χ1) is 3.43. The molecule has 1 aromatic rings. The Morgan fingerprint density at radius 1 is 2.00 bits per heavy atom. The molecule has 1 aromatic heterocycles. The van der Waals surface area contributed by atoms with Crippen LogP contribution in [0.5, 0.6) is 0 Å². The van der Waals surface area contributed by atoms with Crippen LogP contribution in [0.4, 0.5) is 0 Å². The normalized spacial score (nSPS) is 8.57. The number of rotatable bonds is 1. The second kappa shape index (κ2) is 1.55. The van der Waals surface area contributed by atoms with Gasteiger partial charge in [-0.15, -0.1) is 0 Å². The lowest BCUT2D eigenvalue weighted by Gasteiger charge is -1.68. The van der Waals surface area contributed by atoms with Crippen molar-refractivity contribution in [3.63, 3.8) is 0 Å². The predicted molar refractivity (Wildman–Crippen MR) is 25.1 cm³/mol. The average Bonchev–Trinajstić information content (AvgIpc) is 2.14. The highest BCUT2D eigenvalue weighted by Crippen LogP contribution is 1.77. The van der Waals surface area contributed by atoms with Crippen molar-refractivity contribution in [3.8, 4) is 0 Å². The summed E-state index contributed by atoms with van der Waals surface area (Å²) in [7, 11) is 0. The number of aromatic nitrogens is 2. The van der Waals surface area contributed by atoms with Crippen molar-refractivity contribution in [2.45, 2.75) is 0 Å². The Morgan fingerprint density at radius 3 is 3.14 bits per heavy atom. The molecule has 7 heavy (non-hydrogen) atoms. The van der Waals surface area contributed by atoms with E-state index in [0.29, 0.717) is 12.1 Å². The van der Waals surface area contributed by atoms with Crippen LogP contribution in [0.1, 0.15) is 12.0 Å². The van der Waals surface area contributed by atoms with Gasteiger partial charge < -0.3 is 4.98 Å². The first-order valence-electron chi connectivity index (χ1n) is 1.88.